The number of ether oxygens (including phenoxy) is 2. The normalized spacial score (nSPS) is 16.3. The molecule has 2 rings (SSSR count). The SMILES string of the molecule is COc1cccc(/C=C2\NC(=S)NC2=O)c1OC(C)C. The fraction of sp³-hybridized carbons (Fsp3) is 0.286. The summed E-state index contributed by atoms with van der Waals surface area (Å²) in [6.07, 6.45) is 1.68. The standard InChI is InChI=1S/C14H16N2O3S/c1-8(2)19-12-9(5-4-6-11(12)18-3)7-10-13(17)16-14(20)15-10/h4-8H,1-3H3,(H2,15,16,17,20)/b10-7-. The molecule has 0 radical (unpaired) electrons. The molecule has 2 N–H and O–H groups in total. The van der Waals surface area contributed by atoms with Crippen LogP contribution in [0.1, 0.15) is 19.4 Å². The monoisotopic (exact) mass is 292 g/mol. The van der Waals surface area contributed by atoms with Crippen LogP contribution in [0, 0.1) is 0 Å². The van der Waals surface area contributed by atoms with Gasteiger partial charge in [0.2, 0.25) is 0 Å². The average Bonchev–Trinajstić information content (AvgIpc) is 2.69. The third-order valence-electron chi connectivity index (χ3n) is 2.60. The van der Waals surface area contributed by atoms with Crippen LogP contribution in [0.5, 0.6) is 11.5 Å². The molecule has 0 saturated carbocycles. The van der Waals surface area contributed by atoms with Crippen molar-refractivity contribution in [3.63, 3.8) is 0 Å². The van der Waals surface area contributed by atoms with Gasteiger partial charge in [0.25, 0.3) is 5.91 Å². The van der Waals surface area contributed by atoms with E-state index >= 15 is 0 Å². The summed E-state index contributed by atoms with van der Waals surface area (Å²) in [5.74, 6) is 0.965. The van der Waals surface area contributed by atoms with Gasteiger partial charge in [0.15, 0.2) is 16.6 Å². The van der Waals surface area contributed by atoms with E-state index in [0.29, 0.717) is 22.3 Å². The number of carbonyl (C=O) groups is 1. The predicted molar refractivity (Wildman–Crippen MR) is 80.6 cm³/mol. The van der Waals surface area contributed by atoms with Crippen molar-refractivity contribution in [2.24, 2.45) is 0 Å². The Kier molecular flexibility index (Phi) is 4.24. The summed E-state index contributed by atoms with van der Waals surface area (Å²) < 4.78 is 11.1. The fourth-order valence-electron chi connectivity index (χ4n) is 1.81. The zero-order valence-electron chi connectivity index (χ0n) is 11.5. The second-order valence-corrected chi connectivity index (χ2v) is 4.92. The molecule has 0 atom stereocenters. The fourth-order valence-corrected chi connectivity index (χ4v) is 2.01. The van der Waals surface area contributed by atoms with E-state index in [-0.39, 0.29) is 12.0 Å². The van der Waals surface area contributed by atoms with Crippen LogP contribution >= 0.6 is 12.2 Å². The van der Waals surface area contributed by atoms with E-state index in [1.165, 1.54) is 0 Å². The lowest BCUT2D eigenvalue weighted by molar-refractivity contribution is -0.115. The molecule has 1 fully saturated rings. The molecule has 1 aliphatic heterocycles. The molecule has 0 aromatic heterocycles. The number of hydrogen-bond acceptors (Lipinski definition) is 4. The highest BCUT2D eigenvalue weighted by molar-refractivity contribution is 7.80. The summed E-state index contributed by atoms with van der Waals surface area (Å²) in [5, 5.41) is 5.62. The van der Waals surface area contributed by atoms with Gasteiger partial charge in [-0.15, -0.1) is 0 Å². The third-order valence-corrected chi connectivity index (χ3v) is 2.81. The van der Waals surface area contributed by atoms with E-state index in [1.54, 1.807) is 13.2 Å². The van der Waals surface area contributed by atoms with E-state index < -0.39 is 0 Å². The number of rotatable bonds is 4. The molecule has 6 heteroatoms. The molecule has 0 bridgehead atoms. The first kappa shape index (κ1) is 14.3. The number of hydrogen-bond donors (Lipinski definition) is 2. The minimum Gasteiger partial charge on any atom is -0.493 e. The Labute approximate surface area is 123 Å². The predicted octanol–water partition coefficient (Wildman–Crippen LogP) is 1.83. The second-order valence-electron chi connectivity index (χ2n) is 4.51. The Morgan fingerprint density at radius 1 is 1.30 bits per heavy atom. The van der Waals surface area contributed by atoms with Gasteiger partial charge in [0.05, 0.1) is 13.2 Å². The summed E-state index contributed by atoms with van der Waals surface area (Å²) in [7, 11) is 1.58. The van der Waals surface area contributed by atoms with Crippen molar-refractivity contribution < 1.29 is 14.3 Å². The van der Waals surface area contributed by atoms with Gasteiger partial charge in [-0.05, 0) is 38.2 Å². The Bertz CT molecular complexity index is 582. The minimum atomic E-state index is -0.256. The van der Waals surface area contributed by atoms with E-state index in [9.17, 15) is 4.79 Å². The molecule has 0 spiro atoms. The van der Waals surface area contributed by atoms with Crippen molar-refractivity contribution in [1.29, 1.82) is 0 Å². The van der Waals surface area contributed by atoms with Gasteiger partial charge in [-0.25, -0.2) is 0 Å². The van der Waals surface area contributed by atoms with E-state index in [2.05, 4.69) is 10.6 Å². The van der Waals surface area contributed by atoms with Crippen molar-refractivity contribution in [3.8, 4) is 11.5 Å². The van der Waals surface area contributed by atoms with Crippen molar-refractivity contribution in [1.82, 2.24) is 10.6 Å². The van der Waals surface area contributed by atoms with Crippen LogP contribution in [0.15, 0.2) is 23.9 Å². The number of carbonyl (C=O) groups excluding carboxylic acids is 1. The van der Waals surface area contributed by atoms with Crippen LogP contribution in [0.3, 0.4) is 0 Å². The Morgan fingerprint density at radius 3 is 2.60 bits per heavy atom. The molecule has 1 amide bonds. The van der Waals surface area contributed by atoms with Gasteiger partial charge in [-0.2, -0.15) is 0 Å². The highest BCUT2D eigenvalue weighted by Crippen LogP contribution is 2.33. The number of nitrogens with one attached hydrogen (secondary N) is 2. The molecule has 0 unspecified atom stereocenters. The van der Waals surface area contributed by atoms with Crippen molar-refractivity contribution in [2.75, 3.05) is 7.11 Å². The molecular formula is C14H16N2O3S. The van der Waals surface area contributed by atoms with Crippen molar-refractivity contribution >= 4 is 29.3 Å². The van der Waals surface area contributed by atoms with Crippen LogP contribution < -0.4 is 20.1 Å². The molecule has 0 aliphatic carbocycles. The minimum absolute atomic E-state index is 0.00473. The first-order valence-corrected chi connectivity index (χ1v) is 6.59. The largest absolute Gasteiger partial charge is 0.493 e. The molecule has 1 aromatic rings. The molecule has 106 valence electrons. The van der Waals surface area contributed by atoms with Gasteiger partial charge in [-0.3, -0.25) is 10.1 Å². The number of para-hydroxylation sites is 1. The van der Waals surface area contributed by atoms with E-state index in [4.69, 9.17) is 21.7 Å². The Hall–Kier alpha value is -2.08. The average molecular weight is 292 g/mol. The van der Waals surface area contributed by atoms with E-state index in [1.807, 2.05) is 32.0 Å². The lowest BCUT2D eigenvalue weighted by Crippen LogP contribution is -2.21. The number of thiocarbonyl (C=S) groups is 1. The van der Waals surface area contributed by atoms with Crippen molar-refractivity contribution in [3.05, 3.63) is 29.5 Å². The summed E-state index contributed by atoms with van der Waals surface area (Å²) in [4.78, 5) is 11.7. The maximum atomic E-state index is 11.7. The molecule has 1 saturated heterocycles. The molecule has 1 heterocycles. The molecule has 5 nitrogen and oxygen atoms in total. The first-order chi connectivity index (χ1) is 9.51. The zero-order chi connectivity index (χ0) is 14.7. The number of benzene rings is 1. The quantitative estimate of drug-likeness (QED) is 0.655. The Balaban J connectivity index is 2.43. The molecule has 20 heavy (non-hydrogen) atoms. The van der Waals surface area contributed by atoms with Crippen LogP contribution in [-0.2, 0) is 4.79 Å². The smallest absolute Gasteiger partial charge is 0.273 e. The summed E-state index contributed by atoms with van der Waals surface area (Å²) >= 11 is 4.90. The lowest BCUT2D eigenvalue weighted by Gasteiger charge is -2.16. The molecule has 1 aromatic carbocycles. The maximum absolute atomic E-state index is 11.7. The van der Waals surface area contributed by atoms with Crippen LogP contribution in [0.2, 0.25) is 0 Å². The van der Waals surface area contributed by atoms with Gasteiger partial charge in [0.1, 0.15) is 5.70 Å². The van der Waals surface area contributed by atoms with Crippen LogP contribution in [-0.4, -0.2) is 24.2 Å². The molecule has 1 aliphatic rings. The van der Waals surface area contributed by atoms with Gasteiger partial charge < -0.3 is 14.8 Å². The Morgan fingerprint density at radius 2 is 2.05 bits per heavy atom. The van der Waals surface area contributed by atoms with Crippen LogP contribution in [0.25, 0.3) is 6.08 Å². The maximum Gasteiger partial charge on any atom is 0.273 e. The van der Waals surface area contributed by atoms with Gasteiger partial charge >= 0.3 is 0 Å². The van der Waals surface area contributed by atoms with E-state index in [0.717, 1.165) is 5.56 Å². The third kappa shape index (κ3) is 3.08. The summed E-state index contributed by atoms with van der Waals surface area (Å²) in [6, 6.07) is 5.50. The highest BCUT2D eigenvalue weighted by atomic mass is 32.1. The number of amides is 1. The second kappa shape index (κ2) is 5.92. The van der Waals surface area contributed by atoms with Gasteiger partial charge in [-0.1, -0.05) is 12.1 Å². The lowest BCUT2D eigenvalue weighted by atomic mass is 10.1. The van der Waals surface area contributed by atoms with Crippen LogP contribution in [0.4, 0.5) is 0 Å². The topological polar surface area (TPSA) is 59.6 Å². The highest BCUT2D eigenvalue weighted by Gasteiger charge is 2.21. The number of methoxy groups -OCH3 is 1. The van der Waals surface area contributed by atoms with Gasteiger partial charge in [0, 0.05) is 5.56 Å². The van der Waals surface area contributed by atoms with Crippen molar-refractivity contribution in [2.45, 2.75) is 20.0 Å². The zero-order valence-corrected chi connectivity index (χ0v) is 12.3. The molecular weight excluding hydrogens is 276 g/mol. The first-order valence-electron chi connectivity index (χ1n) is 6.19. The summed E-state index contributed by atoms with van der Waals surface area (Å²) in [6.45, 7) is 3.86. The summed E-state index contributed by atoms with van der Waals surface area (Å²) in [5.41, 5.74) is 1.14.